The van der Waals surface area contributed by atoms with E-state index in [-0.39, 0.29) is 11.6 Å². The number of halogens is 3. The molecule has 2 N–H and O–H groups in total. The first-order valence-corrected chi connectivity index (χ1v) is 6.58. The second-order valence-corrected chi connectivity index (χ2v) is 5.06. The van der Waals surface area contributed by atoms with Crippen molar-refractivity contribution in [2.45, 2.75) is 12.5 Å². The molecule has 1 saturated heterocycles. The highest BCUT2D eigenvalue weighted by molar-refractivity contribution is 5.37. The largest absolute Gasteiger partial charge is 0.381 e. The molecule has 0 aliphatic carbocycles. The van der Waals surface area contributed by atoms with E-state index in [4.69, 9.17) is 10.5 Å². The van der Waals surface area contributed by atoms with Crippen LogP contribution in [-0.2, 0) is 4.74 Å². The van der Waals surface area contributed by atoms with Crippen LogP contribution in [0, 0.1) is 23.4 Å². The van der Waals surface area contributed by atoms with E-state index >= 15 is 0 Å². The molecule has 112 valence electrons. The number of ether oxygens (including phenoxy) is 1. The molecule has 1 aliphatic rings. The van der Waals surface area contributed by atoms with Crippen LogP contribution in [-0.4, -0.2) is 22.8 Å². The molecule has 0 bridgehead atoms. The summed E-state index contributed by atoms with van der Waals surface area (Å²) in [6.45, 7) is 1.13. The fourth-order valence-electron chi connectivity index (χ4n) is 2.55. The Kier molecular flexibility index (Phi) is 3.69. The molecule has 1 fully saturated rings. The number of imidazole rings is 1. The van der Waals surface area contributed by atoms with E-state index in [1.165, 1.54) is 17.1 Å². The van der Waals surface area contributed by atoms with Crippen LogP contribution < -0.4 is 5.73 Å². The minimum atomic E-state index is -1.25. The lowest BCUT2D eigenvalue weighted by Gasteiger charge is -2.19. The van der Waals surface area contributed by atoms with E-state index in [9.17, 15) is 13.2 Å². The Balaban J connectivity index is 2.03. The summed E-state index contributed by atoms with van der Waals surface area (Å²) in [5.41, 5.74) is 6.41. The summed E-state index contributed by atoms with van der Waals surface area (Å²) in [7, 11) is 0. The summed E-state index contributed by atoms with van der Waals surface area (Å²) in [4.78, 5) is 3.92. The molecular weight excluding hydrogens is 283 g/mol. The van der Waals surface area contributed by atoms with Crippen LogP contribution >= 0.6 is 0 Å². The molecule has 3 rings (SSSR count). The van der Waals surface area contributed by atoms with Gasteiger partial charge in [-0.05, 0) is 6.42 Å². The number of aromatic nitrogens is 2. The molecule has 0 spiro atoms. The van der Waals surface area contributed by atoms with Crippen molar-refractivity contribution in [1.29, 1.82) is 0 Å². The van der Waals surface area contributed by atoms with Crippen LogP contribution in [0.3, 0.4) is 0 Å². The number of hydrogen-bond donors (Lipinski definition) is 1. The van der Waals surface area contributed by atoms with Crippen LogP contribution in [0.2, 0.25) is 0 Å². The van der Waals surface area contributed by atoms with Crippen LogP contribution in [0.25, 0.3) is 5.69 Å². The summed E-state index contributed by atoms with van der Waals surface area (Å²) in [5.74, 6) is -3.17. The first-order valence-electron chi connectivity index (χ1n) is 6.58. The van der Waals surface area contributed by atoms with Crippen molar-refractivity contribution in [3.63, 3.8) is 0 Å². The SMILES string of the molecule is NC(c1cncn1-c1cc(F)cc(F)c1F)C1CCOC1. The van der Waals surface area contributed by atoms with Gasteiger partial charge in [-0.3, -0.25) is 4.57 Å². The van der Waals surface area contributed by atoms with Gasteiger partial charge in [-0.2, -0.15) is 0 Å². The molecule has 7 heteroatoms. The molecule has 1 aromatic heterocycles. The van der Waals surface area contributed by atoms with Crippen LogP contribution in [0.4, 0.5) is 13.2 Å². The second-order valence-electron chi connectivity index (χ2n) is 5.06. The highest BCUT2D eigenvalue weighted by atomic mass is 19.2. The van der Waals surface area contributed by atoms with Crippen molar-refractivity contribution in [2.24, 2.45) is 11.7 Å². The predicted octanol–water partition coefficient (Wildman–Crippen LogP) is 2.33. The van der Waals surface area contributed by atoms with Crippen LogP contribution in [0.5, 0.6) is 0 Å². The molecule has 0 amide bonds. The van der Waals surface area contributed by atoms with Gasteiger partial charge in [-0.25, -0.2) is 18.2 Å². The maximum atomic E-state index is 13.9. The van der Waals surface area contributed by atoms with Gasteiger partial charge in [0.2, 0.25) is 0 Å². The lowest BCUT2D eigenvalue weighted by atomic mass is 9.97. The normalized spacial score (nSPS) is 19.9. The molecule has 2 heterocycles. The Labute approximate surface area is 119 Å². The number of nitrogens with zero attached hydrogens (tertiary/aromatic N) is 2. The van der Waals surface area contributed by atoms with Crippen molar-refractivity contribution in [3.05, 3.63) is 47.8 Å². The van der Waals surface area contributed by atoms with E-state index in [2.05, 4.69) is 4.98 Å². The van der Waals surface area contributed by atoms with Crippen LogP contribution in [0.1, 0.15) is 18.2 Å². The minimum absolute atomic E-state index is 0.0712. The smallest absolute Gasteiger partial charge is 0.183 e. The lowest BCUT2D eigenvalue weighted by molar-refractivity contribution is 0.180. The van der Waals surface area contributed by atoms with E-state index in [1.807, 2.05) is 0 Å². The first kappa shape index (κ1) is 14.1. The van der Waals surface area contributed by atoms with Gasteiger partial charge in [-0.1, -0.05) is 0 Å². The summed E-state index contributed by atoms with van der Waals surface area (Å²) < 4.78 is 47.2. The maximum Gasteiger partial charge on any atom is 0.183 e. The number of rotatable bonds is 3. The van der Waals surface area contributed by atoms with Crippen molar-refractivity contribution in [1.82, 2.24) is 9.55 Å². The Morgan fingerprint density at radius 3 is 2.86 bits per heavy atom. The van der Waals surface area contributed by atoms with E-state index in [0.717, 1.165) is 12.5 Å². The molecule has 0 radical (unpaired) electrons. The van der Waals surface area contributed by atoms with Gasteiger partial charge in [0.25, 0.3) is 0 Å². The zero-order valence-electron chi connectivity index (χ0n) is 11.1. The highest BCUT2D eigenvalue weighted by Gasteiger charge is 2.27. The fourth-order valence-corrected chi connectivity index (χ4v) is 2.55. The lowest BCUT2D eigenvalue weighted by Crippen LogP contribution is -2.24. The topological polar surface area (TPSA) is 53.1 Å². The quantitative estimate of drug-likeness (QED) is 0.885. The Hall–Kier alpha value is -1.86. The Bertz CT molecular complexity index is 653. The van der Waals surface area contributed by atoms with Crippen molar-refractivity contribution >= 4 is 0 Å². The number of nitrogens with two attached hydrogens (primary N) is 1. The molecule has 2 aromatic rings. The van der Waals surface area contributed by atoms with E-state index in [1.54, 1.807) is 0 Å². The zero-order valence-corrected chi connectivity index (χ0v) is 11.1. The van der Waals surface area contributed by atoms with Gasteiger partial charge in [0.05, 0.1) is 36.6 Å². The third-order valence-corrected chi connectivity index (χ3v) is 3.71. The number of benzene rings is 1. The zero-order chi connectivity index (χ0) is 15.0. The Morgan fingerprint density at radius 1 is 1.33 bits per heavy atom. The van der Waals surface area contributed by atoms with Gasteiger partial charge in [-0.15, -0.1) is 0 Å². The highest BCUT2D eigenvalue weighted by Crippen LogP contribution is 2.29. The van der Waals surface area contributed by atoms with E-state index < -0.39 is 23.5 Å². The van der Waals surface area contributed by atoms with Crippen molar-refractivity contribution in [3.8, 4) is 5.69 Å². The third-order valence-electron chi connectivity index (χ3n) is 3.71. The van der Waals surface area contributed by atoms with Gasteiger partial charge >= 0.3 is 0 Å². The van der Waals surface area contributed by atoms with Gasteiger partial charge in [0.1, 0.15) is 5.82 Å². The van der Waals surface area contributed by atoms with E-state index in [0.29, 0.717) is 25.0 Å². The van der Waals surface area contributed by atoms with Crippen molar-refractivity contribution < 1.29 is 17.9 Å². The average molecular weight is 297 g/mol. The summed E-state index contributed by atoms with van der Waals surface area (Å²) in [5, 5.41) is 0. The molecule has 1 aliphatic heterocycles. The molecule has 21 heavy (non-hydrogen) atoms. The first-order chi connectivity index (χ1) is 10.1. The molecule has 2 atom stereocenters. The molecule has 4 nitrogen and oxygen atoms in total. The third kappa shape index (κ3) is 2.54. The maximum absolute atomic E-state index is 13.9. The molecule has 0 saturated carbocycles. The molecular formula is C14H14F3N3O. The molecule has 1 aromatic carbocycles. The van der Waals surface area contributed by atoms with Gasteiger partial charge in [0, 0.05) is 24.7 Å². The monoisotopic (exact) mass is 297 g/mol. The summed E-state index contributed by atoms with van der Waals surface area (Å²) >= 11 is 0. The second kappa shape index (κ2) is 5.50. The van der Waals surface area contributed by atoms with Gasteiger partial charge < -0.3 is 10.5 Å². The fraction of sp³-hybridized carbons (Fsp3) is 0.357. The minimum Gasteiger partial charge on any atom is -0.381 e. The molecule has 2 unspecified atom stereocenters. The van der Waals surface area contributed by atoms with Crippen molar-refractivity contribution in [2.75, 3.05) is 13.2 Å². The Morgan fingerprint density at radius 2 is 2.14 bits per heavy atom. The number of hydrogen-bond acceptors (Lipinski definition) is 3. The summed E-state index contributed by atoms with van der Waals surface area (Å²) in [6.07, 6.45) is 3.56. The standard InChI is InChI=1S/C14H14F3N3O/c15-9-3-10(16)13(17)11(4-9)20-7-19-5-12(20)14(18)8-1-2-21-6-8/h3-5,7-8,14H,1-2,6,18H2. The average Bonchev–Trinajstić information content (AvgIpc) is 3.12. The predicted molar refractivity (Wildman–Crippen MR) is 69.3 cm³/mol. The van der Waals surface area contributed by atoms with Crippen LogP contribution in [0.15, 0.2) is 24.7 Å². The van der Waals surface area contributed by atoms with Gasteiger partial charge in [0.15, 0.2) is 11.6 Å². The summed E-state index contributed by atoms with van der Waals surface area (Å²) in [6, 6.07) is 0.975.